The van der Waals surface area contributed by atoms with Gasteiger partial charge >= 0.3 is 0 Å². The molecule has 5 rings (SSSR count). The second kappa shape index (κ2) is 11.3. The van der Waals surface area contributed by atoms with Crippen molar-refractivity contribution in [3.05, 3.63) is 71.4 Å². The molecule has 1 fully saturated rings. The number of nitrogen functional groups attached to an aromatic ring is 1. The predicted molar refractivity (Wildman–Crippen MR) is 149 cm³/mol. The lowest BCUT2D eigenvalue weighted by Gasteiger charge is -2.30. The molecule has 202 valence electrons. The monoisotopic (exact) mass is 548 g/mol. The smallest absolute Gasteiger partial charge is 0.274 e. The predicted octanol–water partition coefficient (Wildman–Crippen LogP) is 3.37. The van der Waals surface area contributed by atoms with Crippen LogP contribution < -0.4 is 22.1 Å². The van der Waals surface area contributed by atoms with Crippen LogP contribution in [0.25, 0.3) is 10.9 Å². The fraction of sp³-hybridized carbons (Fsp3) is 0.259. The van der Waals surface area contributed by atoms with Crippen molar-refractivity contribution in [3.63, 3.8) is 0 Å². The Morgan fingerprint density at radius 2 is 2.00 bits per heavy atom. The highest BCUT2D eigenvalue weighted by Gasteiger charge is 2.19. The second-order valence-corrected chi connectivity index (χ2v) is 10.6. The molecule has 2 aromatic heterocycles. The Kier molecular flexibility index (Phi) is 7.66. The van der Waals surface area contributed by atoms with Gasteiger partial charge in [0.15, 0.2) is 11.5 Å². The summed E-state index contributed by atoms with van der Waals surface area (Å²) in [6.45, 7) is 2.17. The van der Waals surface area contributed by atoms with Gasteiger partial charge in [0.05, 0.1) is 11.8 Å². The number of nitrogens with zero attached hydrogens (tertiary/aromatic N) is 3. The highest BCUT2D eigenvalue weighted by Crippen LogP contribution is 2.32. The molecule has 0 saturated carbocycles. The SMILES string of the molecule is CN1CCC(Nc2ccc(Sc3cnc(N)c(C(=O)NCc4c[nH]c5ccc(F)cc45)n3)c(C(N)=O)c2)CC1. The number of hydrogen-bond donors (Lipinski definition) is 5. The van der Waals surface area contributed by atoms with E-state index in [1.54, 1.807) is 24.4 Å². The van der Waals surface area contributed by atoms with Gasteiger partial charge in [0, 0.05) is 40.3 Å². The average Bonchev–Trinajstić information content (AvgIpc) is 3.32. The molecule has 12 heteroatoms. The molecule has 2 aromatic carbocycles. The summed E-state index contributed by atoms with van der Waals surface area (Å²) in [5, 5.41) is 7.31. The molecule has 0 atom stereocenters. The summed E-state index contributed by atoms with van der Waals surface area (Å²) in [6, 6.07) is 10.2. The quantitative estimate of drug-likeness (QED) is 0.225. The average molecular weight is 549 g/mol. The molecule has 1 aliphatic heterocycles. The molecule has 7 N–H and O–H groups in total. The Labute approximate surface area is 228 Å². The molecule has 0 aliphatic carbocycles. The lowest BCUT2D eigenvalue weighted by Crippen LogP contribution is -2.36. The summed E-state index contributed by atoms with van der Waals surface area (Å²) in [7, 11) is 2.11. The number of benzene rings is 2. The fourth-order valence-corrected chi connectivity index (χ4v) is 5.43. The number of aromatic amines is 1. The number of H-pyrrole nitrogens is 1. The Bertz CT molecular complexity index is 1530. The standard InChI is InChI=1S/C27H29FN8O2S/c1-36-8-6-17(7-9-36)34-18-3-5-22(20(11-18)26(30)37)39-23-14-32-25(29)24(35-23)27(38)33-13-15-12-31-21-4-2-16(28)10-19(15)21/h2-5,10-12,14,17,31,34H,6-9,13H2,1H3,(H2,29,32)(H2,30,37)(H,33,38). The van der Waals surface area contributed by atoms with E-state index >= 15 is 0 Å². The first-order chi connectivity index (χ1) is 18.8. The van der Waals surface area contributed by atoms with Crippen molar-refractivity contribution in [2.24, 2.45) is 5.73 Å². The molecule has 0 unspecified atom stereocenters. The first-order valence-electron chi connectivity index (χ1n) is 12.5. The van der Waals surface area contributed by atoms with Gasteiger partial charge in [-0.2, -0.15) is 0 Å². The van der Waals surface area contributed by atoms with Gasteiger partial charge in [0.1, 0.15) is 10.8 Å². The largest absolute Gasteiger partial charge is 0.382 e. The number of nitrogens with one attached hydrogen (secondary N) is 3. The molecule has 0 bridgehead atoms. The molecule has 1 aliphatic rings. The molecule has 1 saturated heterocycles. The Hall–Kier alpha value is -4.16. The minimum absolute atomic E-state index is 0.0328. The van der Waals surface area contributed by atoms with Crippen molar-refractivity contribution in [1.82, 2.24) is 25.2 Å². The number of halogens is 1. The third-order valence-corrected chi connectivity index (χ3v) is 7.69. The lowest BCUT2D eigenvalue weighted by molar-refractivity contribution is 0.0944. The Balaban J connectivity index is 1.30. The van der Waals surface area contributed by atoms with Gasteiger partial charge < -0.3 is 32.0 Å². The van der Waals surface area contributed by atoms with Crippen LogP contribution >= 0.6 is 11.8 Å². The summed E-state index contributed by atoms with van der Waals surface area (Å²) >= 11 is 1.17. The van der Waals surface area contributed by atoms with Crippen LogP contribution in [0.2, 0.25) is 0 Å². The number of fused-ring (bicyclic) bond motifs is 1. The maximum atomic E-state index is 13.7. The van der Waals surface area contributed by atoms with Gasteiger partial charge in [-0.25, -0.2) is 14.4 Å². The Morgan fingerprint density at radius 1 is 1.21 bits per heavy atom. The molecule has 3 heterocycles. The van der Waals surface area contributed by atoms with E-state index in [1.807, 2.05) is 6.07 Å². The van der Waals surface area contributed by atoms with Gasteiger partial charge in [0.2, 0.25) is 5.91 Å². The number of amides is 2. The van der Waals surface area contributed by atoms with Gasteiger partial charge in [-0.3, -0.25) is 9.59 Å². The molecular weight excluding hydrogens is 519 g/mol. The van der Waals surface area contributed by atoms with Gasteiger partial charge in [0.25, 0.3) is 5.91 Å². The molecule has 4 aromatic rings. The van der Waals surface area contributed by atoms with Crippen LogP contribution in [0.3, 0.4) is 0 Å². The third kappa shape index (κ3) is 6.13. The third-order valence-electron chi connectivity index (χ3n) is 6.71. The van der Waals surface area contributed by atoms with Crippen molar-refractivity contribution >= 4 is 46.0 Å². The Morgan fingerprint density at radius 3 is 2.77 bits per heavy atom. The molecule has 0 spiro atoms. The lowest BCUT2D eigenvalue weighted by atomic mass is 10.0. The highest BCUT2D eigenvalue weighted by molar-refractivity contribution is 7.99. The molecule has 0 radical (unpaired) electrons. The number of rotatable bonds is 8. The van der Waals surface area contributed by atoms with E-state index < -0.39 is 11.8 Å². The zero-order chi connectivity index (χ0) is 27.5. The van der Waals surface area contributed by atoms with Crippen LogP contribution in [0.4, 0.5) is 15.9 Å². The van der Waals surface area contributed by atoms with E-state index in [4.69, 9.17) is 11.5 Å². The molecular formula is C27H29FN8O2S. The number of carbonyl (C=O) groups excluding carboxylic acids is 2. The number of nitrogens with two attached hydrogens (primary N) is 2. The summed E-state index contributed by atoms with van der Waals surface area (Å²) < 4.78 is 13.7. The van der Waals surface area contributed by atoms with Crippen LogP contribution in [0.1, 0.15) is 39.3 Å². The van der Waals surface area contributed by atoms with Gasteiger partial charge in [-0.1, -0.05) is 11.8 Å². The van der Waals surface area contributed by atoms with Gasteiger partial charge in [-0.15, -0.1) is 0 Å². The van der Waals surface area contributed by atoms with Crippen LogP contribution in [0.15, 0.2) is 58.7 Å². The number of likely N-dealkylation sites (tertiary alicyclic amines) is 1. The second-order valence-electron chi connectivity index (χ2n) is 9.53. The van der Waals surface area contributed by atoms with E-state index in [2.05, 4.69) is 37.5 Å². The molecule has 39 heavy (non-hydrogen) atoms. The van der Waals surface area contributed by atoms with Crippen molar-refractivity contribution in [2.45, 2.75) is 35.3 Å². The van der Waals surface area contributed by atoms with Gasteiger partial charge in [-0.05, 0) is 74.9 Å². The van der Waals surface area contributed by atoms with Crippen LogP contribution in [-0.2, 0) is 6.54 Å². The molecule has 2 amide bonds. The minimum Gasteiger partial charge on any atom is -0.382 e. The van der Waals surface area contributed by atoms with Crippen molar-refractivity contribution in [3.8, 4) is 0 Å². The summed E-state index contributed by atoms with van der Waals surface area (Å²) in [6.07, 6.45) is 5.18. The topological polar surface area (TPSA) is 155 Å². The van der Waals surface area contributed by atoms with Crippen molar-refractivity contribution < 1.29 is 14.0 Å². The maximum Gasteiger partial charge on any atom is 0.274 e. The first-order valence-corrected chi connectivity index (χ1v) is 13.3. The van der Waals surface area contributed by atoms with E-state index in [0.717, 1.165) is 42.7 Å². The van der Waals surface area contributed by atoms with E-state index in [-0.39, 0.29) is 23.9 Å². The number of carbonyl (C=O) groups is 2. The van der Waals surface area contributed by atoms with Crippen molar-refractivity contribution in [2.75, 3.05) is 31.2 Å². The first kappa shape index (κ1) is 26.4. The summed E-state index contributed by atoms with van der Waals surface area (Å²) in [5.41, 5.74) is 14.2. The number of primary amides is 1. The zero-order valence-electron chi connectivity index (χ0n) is 21.3. The normalized spacial score (nSPS) is 14.4. The fourth-order valence-electron chi connectivity index (χ4n) is 4.56. The number of hydrogen-bond acceptors (Lipinski definition) is 8. The number of anilines is 2. The maximum absolute atomic E-state index is 13.7. The van der Waals surface area contributed by atoms with Crippen molar-refractivity contribution in [1.29, 1.82) is 0 Å². The van der Waals surface area contributed by atoms with Crippen LogP contribution in [0.5, 0.6) is 0 Å². The van der Waals surface area contributed by atoms with Crippen LogP contribution in [0, 0.1) is 5.82 Å². The minimum atomic E-state index is -0.568. The number of aromatic nitrogens is 3. The van der Waals surface area contributed by atoms with E-state index in [0.29, 0.717) is 26.9 Å². The van der Waals surface area contributed by atoms with E-state index in [9.17, 15) is 14.0 Å². The van der Waals surface area contributed by atoms with E-state index in [1.165, 1.54) is 30.1 Å². The summed E-state index contributed by atoms with van der Waals surface area (Å²) in [5.74, 6) is -1.49. The number of piperidine rings is 1. The highest BCUT2D eigenvalue weighted by atomic mass is 32.2. The molecule has 10 nitrogen and oxygen atoms in total. The zero-order valence-corrected chi connectivity index (χ0v) is 22.1. The van der Waals surface area contributed by atoms with Crippen LogP contribution in [-0.4, -0.2) is 57.8 Å². The summed E-state index contributed by atoms with van der Waals surface area (Å²) in [4.78, 5) is 39.6.